The van der Waals surface area contributed by atoms with E-state index < -0.39 is 48.9 Å². The third-order valence-electron chi connectivity index (χ3n) is 7.62. The van der Waals surface area contributed by atoms with Gasteiger partial charge in [0.2, 0.25) is 5.91 Å². The molecule has 4 unspecified atom stereocenters. The average Bonchev–Trinajstić information content (AvgIpc) is 3.76. The van der Waals surface area contributed by atoms with E-state index in [-0.39, 0.29) is 18.1 Å². The fraction of sp³-hybridized carbons (Fsp3) is 0.481. The zero-order valence-corrected chi connectivity index (χ0v) is 22.4. The number of ether oxygens (including phenoxy) is 3. The predicted molar refractivity (Wildman–Crippen MR) is 142 cm³/mol. The lowest BCUT2D eigenvalue weighted by Gasteiger charge is -2.24. The molecule has 3 aliphatic heterocycles. The highest BCUT2D eigenvalue weighted by Gasteiger charge is 2.54. The second kappa shape index (κ2) is 11.4. The number of hydrogen-bond acceptors (Lipinski definition) is 9. The first-order valence-corrected chi connectivity index (χ1v) is 13.7. The highest BCUT2D eigenvalue weighted by molar-refractivity contribution is 5.95. The molecule has 2 aromatic heterocycles. The van der Waals surface area contributed by atoms with E-state index in [9.17, 15) is 19.5 Å². The van der Waals surface area contributed by atoms with E-state index in [0.29, 0.717) is 43.5 Å². The summed E-state index contributed by atoms with van der Waals surface area (Å²) in [6, 6.07) is 8.34. The van der Waals surface area contributed by atoms with Crippen LogP contribution in [0, 0.1) is 0 Å². The molecule has 3 amide bonds. The molecule has 1 aromatic carbocycles. The SMILES string of the molecule is CCNC(=O)Nc1ncnc2c1ncn2C1OC(CCC(=O)N2CCC[C@@H]2C(=O)O)C2O[C@H](c3ccccc3)OC21. The van der Waals surface area contributed by atoms with Crippen LogP contribution in [0.5, 0.6) is 0 Å². The standard InChI is InChI=1S/C27H31N7O7/c1-2-28-27(38)32-22-19-23(30-13-29-22)34(14-31-19)24-21-20(40-26(41-21)15-7-4-3-5-8-15)17(39-24)10-11-18(35)33-12-6-9-16(33)25(36)37/h3-5,7-8,13-14,16-17,20-21,24,26H,2,6,9-12H2,1H3,(H,36,37)(H2,28,29,30,32,38)/t16-,17?,20?,21?,24?,26+/m1/s1. The molecule has 3 aliphatic rings. The van der Waals surface area contributed by atoms with Crippen LogP contribution in [0.15, 0.2) is 43.0 Å². The van der Waals surface area contributed by atoms with Gasteiger partial charge in [0.25, 0.3) is 0 Å². The number of carboxylic acids is 1. The third kappa shape index (κ3) is 5.21. The molecule has 0 radical (unpaired) electrons. The van der Waals surface area contributed by atoms with Crippen LogP contribution in [0.2, 0.25) is 0 Å². The first-order valence-electron chi connectivity index (χ1n) is 13.7. The van der Waals surface area contributed by atoms with Crippen molar-refractivity contribution in [2.75, 3.05) is 18.4 Å². The lowest BCUT2D eigenvalue weighted by molar-refractivity contribution is -0.153. The van der Waals surface area contributed by atoms with Crippen molar-refractivity contribution in [3.8, 4) is 0 Å². The Morgan fingerprint density at radius 2 is 1.88 bits per heavy atom. The van der Waals surface area contributed by atoms with E-state index in [2.05, 4.69) is 25.6 Å². The molecule has 0 bridgehead atoms. The van der Waals surface area contributed by atoms with Gasteiger partial charge in [-0.1, -0.05) is 30.3 Å². The molecule has 6 rings (SSSR count). The Balaban J connectivity index is 1.25. The number of carboxylic acid groups (broad SMARTS) is 1. The van der Waals surface area contributed by atoms with Crippen molar-refractivity contribution in [3.05, 3.63) is 48.5 Å². The maximum atomic E-state index is 13.0. The zero-order valence-electron chi connectivity index (χ0n) is 22.4. The second-order valence-corrected chi connectivity index (χ2v) is 10.2. The Hall–Kier alpha value is -4.14. The summed E-state index contributed by atoms with van der Waals surface area (Å²) in [7, 11) is 0. The van der Waals surface area contributed by atoms with Crippen LogP contribution >= 0.6 is 0 Å². The molecular weight excluding hydrogens is 534 g/mol. The maximum Gasteiger partial charge on any atom is 0.326 e. The van der Waals surface area contributed by atoms with Crippen molar-refractivity contribution in [1.29, 1.82) is 0 Å². The Morgan fingerprint density at radius 3 is 2.66 bits per heavy atom. The smallest absolute Gasteiger partial charge is 0.326 e. The summed E-state index contributed by atoms with van der Waals surface area (Å²) in [6.45, 7) is 2.69. The monoisotopic (exact) mass is 565 g/mol. The average molecular weight is 566 g/mol. The Kier molecular flexibility index (Phi) is 7.51. The van der Waals surface area contributed by atoms with Crippen LogP contribution in [-0.2, 0) is 23.8 Å². The molecule has 41 heavy (non-hydrogen) atoms. The van der Waals surface area contributed by atoms with Gasteiger partial charge < -0.3 is 29.5 Å². The highest BCUT2D eigenvalue weighted by Crippen LogP contribution is 2.46. The summed E-state index contributed by atoms with van der Waals surface area (Å²) < 4.78 is 20.9. The zero-order chi connectivity index (χ0) is 28.5. The van der Waals surface area contributed by atoms with E-state index in [1.807, 2.05) is 37.3 Å². The van der Waals surface area contributed by atoms with E-state index >= 15 is 0 Å². The molecule has 6 atom stereocenters. The number of nitrogens with zero attached hydrogens (tertiary/aromatic N) is 5. The summed E-state index contributed by atoms with van der Waals surface area (Å²) in [6.07, 6.45) is 1.54. The van der Waals surface area contributed by atoms with Crippen molar-refractivity contribution in [2.24, 2.45) is 0 Å². The molecule has 0 aliphatic carbocycles. The Morgan fingerprint density at radius 1 is 1.07 bits per heavy atom. The van der Waals surface area contributed by atoms with Gasteiger partial charge in [-0.3, -0.25) is 14.7 Å². The topological polar surface area (TPSA) is 170 Å². The molecule has 3 saturated heterocycles. The summed E-state index contributed by atoms with van der Waals surface area (Å²) in [5.74, 6) is -0.957. The lowest BCUT2D eigenvalue weighted by atomic mass is 10.1. The van der Waals surface area contributed by atoms with Gasteiger partial charge in [0.1, 0.15) is 24.6 Å². The summed E-state index contributed by atoms with van der Waals surface area (Å²) >= 11 is 0. The third-order valence-corrected chi connectivity index (χ3v) is 7.62. The number of hydrogen-bond donors (Lipinski definition) is 3. The minimum atomic E-state index is -0.985. The Bertz CT molecular complexity index is 1430. The van der Waals surface area contributed by atoms with Crippen molar-refractivity contribution in [1.82, 2.24) is 29.7 Å². The van der Waals surface area contributed by atoms with Crippen molar-refractivity contribution in [2.45, 2.75) is 69.5 Å². The fourth-order valence-corrected chi connectivity index (χ4v) is 5.73. The molecule has 14 heteroatoms. The van der Waals surface area contributed by atoms with Crippen LogP contribution in [0.3, 0.4) is 0 Å². The number of likely N-dealkylation sites (tertiary alicyclic amines) is 1. The fourth-order valence-electron chi connectivity index (χ4n) is 5.73. The normalized spacial score (nSPS) is 27.2. The number of carbonyl (C=O) groups excluding carboxylic acids is 2. The number of imidazole rings is 1. The number of rotatable bonds is 8. The van der Waals surface area contributed by atoms with E-state index in [1.54, 1.807) is 10.9 Å². The molecule has 3 fully saturated rings. The van der Waals surface area contributed by atoms with Crippen LogP contribution in [-0.4, -0.2) is 84.9 Å². The van der Waals surface area contributed by atoms with Gasteiger partial charge in [0, 0.05) is 25.1 Å². The van der Waals surface area contributed by atoms with Gasteiger partial charge in [-0.25, -0.2) is 24.5 Å². The molecule has 5 heterocycles. The summed E-state index contributed by atoms with van der Waals surface area (Å²) in [4.78, 5) is 51.2. The highest BCUT2D eigenvalue weighted by atomic mass is 16.8. The number of anilines is 1. The minimum absolute atomic E-state index is 0.108. The van der Waals surface area contributed by atoms with Gasteiger partial charge in [0.15, 0.2) is 29.5 Å². The number of carbonyl (C=O) groups is 3. The second-order valence-electron chi connectivity index (χ2n) is 10.2. The van der Waals surface area contributed by atoms with Crippen molar-refractivity contribution in [3.63, 3.8) is 0 Å². The largest absolute Gasteiger partial charge is 0.480 e. The van der Waals surface area contributed by atoms with E-state index in [4.69, 9.17) is 14.2 Å². The number of aliphatic carboxylic acids is 1. The van der Waals surface area contributed by atoms with E-state index in [1.165, 1.54) is 11.2 Å². The Labute approximate surface area is 235 Å². The number of nitrogens with one attached hydrogen (secondary N) is 2. The summed E-state index contributed by atoms with van der Waals surface area (Å²) in [5.41, 5.74) is 1.66. The molecule has 3 N–H and O–H groups in total. The van der Waals surface area contributed by atoms with Crippen LogP contribution in [0.4, 0.5) is 10.6 Å². The van der Waals surface area contributed by atoms with Gasteiger partial charge in [-0.2, -0.15) is 0 Å². The quantitative estimate of drug-likeness (QED) is 0.368. The van der Waals surface area contributed by atoms with Crippen LogP contribution < -0.4 is 10.6 Å². The molecule has 14 nitrogen and oxygen atoms in total. The van der Waals surface area contributed by atoms with Gasteiger partial charge in [0.05, 0.1) is 12.4 Å². The molecule has 216 valence electrons. The first-order chi connectivity index (χ1) is 19.9. The number of amides is 3. The molecule has 0 spiro atoms. The van der Waals surface area contributed by atoms with Gasteiger partial charge in [-0.05, 0) is 26.2 Å². The molecule has 0 saturated carbocycles. The lowest BCUT2D eigenvalue weighted by Crippen LogP contribution is -2.41. The number of aromatic nitrogens is 4. The summed E-state index contributed by atoms with van der Waals surface area (Å²) in [5, 5.41) is 14.8. The van der Waals surface area contributed by atoms with Crippen molar-refractivity contribution >= 4 is 34.9 Å². The van der Waals surface area contributed by atoms with Crippen molar-refractivity contribution < 1.29 is 33.7 Å². The first kappa shape index (κ1) is 27.1. The van der Waals surface area contributed by atoms with Gasteiger partial charge in [-0.15, -0.1) is 0 Å². The number of fused-ring (bicyclic) bond motifs is 2. The van der Waals surface area contributed by atoms with Crippen LogP contribution in [0.1, 0.15) is 50.7 Å². The molecule has 3 aromatic rings. The van der Waals surface area contributed by atoms with Gasteiger partial charge >= 0.3 is 12.0 Å². The minimum Gasteiger partial charge on any atom is -0.480 e. The molecular formula is C27H31N7O7. The maximum absolute atomic E-state index is 13.0. The van der Waals surface area contributed by atoms with Crippen LogP contribution in [0.25, 0.3) is 11.2 Å². The van der Waals surface area contributed by atoms with E-state index in [0.717, 1.165) is 5.56 Å². The number of urea groups is 1. The number of benzene rings is 1. The predicted octanol–water partition coefficient (Wildman–Crippen LogP) is 2.20.